The van der Waals surface area contributed by atoms with Crippen LogP contribution in [0, 0.1) is 0 Å². The molecule has 0 saturated heterocycles. The van der Waals surface area contributed by atoms with Crippen molar-refractivity contribution in [3.05, 3.63) is 88.6 Å². The van der Waals surface area contributed by atoms with Crippen LogP contribution in [-0.4, -0.2) is 34.4 Å². The van der Waals surface area contributed by atoms with Gasteiger partial charge in [0.15, 0.2) is 17.2 Å². The van der Waals surface area contributed by atoms with Gasteiger partial charge in [-0.3, -0.25) is 9.48 Å². The number of phenolic OH excluding ortho intramolecular Hbond substituents is 1. The van der Waals surface area contributed by atoms with Gasteiger partial charge in [0, 0.05) is 17.0 Å². The zero-order valence-corrected chi connectivity index (χ0v) is 17.8. The minimum absolute atomic E-state index is 0.0907. The lowest BCUT2D eigenvalue weighted by molar-refractivity contribution is 0.0950. The lowest BCUT2D eigenvalue weighted by Gasteiger charge is -2.07. The van der Waals surface area contributed by atoms with Crippen molar-refractivity contribution in [3.8, 4) is 11.5 Å². The van der Waals surface area contributed by atoms with Gasteiger partial charge in [0.1, 0.15) is 0 Å². The molecular formula is C24H22ClN3O3. The molecule has 6 nitrogen and oxygen atoms in total. The summed E-state index contributed by atoms with van der Waals surface area (Å²) in [5, 5.41) is 18.7. The van der Waals surface area contributed by atoms with Crippen LogP contribution >= 0.6 is 11.6 Å². The Morgan fingerprint density at radius 1 is 1.10 bits per heavy atom. The van der Waals surface area contributed by atoms with E-state index in [1.807, 2.05) is 53.2 Å². The number of hydrogen-bond donors (Lipinski definition) is 2. The van der Waals surface area contributed by atoms with E-state index >= 15 is 0 Å². The fourth-order valence-electron chi connectivity index (χ4n) is 3.46. The molecule has 0 radical (unpaired) electrons. The van der Waals surface area contributed by atoms with Crippen molar-refractivity contribution in [2.45, 2.75) is 13.0 Å². The first-order chi connectivity index (χ1) is 15.0. The zero-order chi connectivity index (χ0) is 21.8. The minimum Gasteiger partial charge on any atom is -0.504 e. The number of hydrogen-bond acceptors (Lipinski definition) is 4. The molecule has 31 heavy (non-hydrogen) atoms. The fraction of sp³-hybridized carbons (Fsp3) is 0.167. The van der Waals surface area contributed by atoms with Crippen LogP contribution in [0.15, 0.2) is 66.7 Å². The smallest absolute Gasteiger partial charge is 0.272 e. The van der Waals surface area contributed by atoms with Crippen LogP contribution in [0.25, 0.3) is 10.9 Å². The minimum atomic E-state index is -0.225. The Morgan fingerprint density at radius 3 is 2.61 bits per heavy atom. The Hall–Kier alpha value is -3.51. The van der Waals surface area contributed by atoms with Gasteiger partial charge in [-0.1, -0.05) is 48.0 Å². The summed E-state index contributed by atoms with van der Waals surface area (Å²) in [4.78, 5) is 12.9. The van der Waals surface area contributed by atoms with Gasteiger partial charge in [0.05, 0.1) is 19.2 Å². The van der Waals surface area contributed by atoms with Gasteiger partial charge in [0.2, 0.25) is 0 Å². The molecule has 7 heteroatoms. The standard InChI is InChI=1S/C24H22ClN3O3/c1-31-22-14-16(8-11-21(22)29)12-13-26-24(30)23-19-4-2-3-5-20(19)28(27-23)15-17-6-9-18(25)10-7-17/h2-11,14,29H,12-13,15H2,1H3,(H,26,30). The first-order valence-electron chi connectivity index (χ1n) is 9.89. The molecule has 4 rings (SSSR count). The van der Waals surface area contributed by atoms with E-state index in [0.29, 0.717) is 36.0 Å². The Labute approximate surface area is 185 Å². The van der Waals surface area contributed by atoms with Gasteiger partial charge in [-0.25, -0.2) is 0 Å². The Balaban J connectivity index is 1.49. The highest BCUT2D eigenvalue weighted by Gasteiger charge is 2.17. The molecule has 0 saturated carbocycles. The summed E-state index contributed by atoms with van der Waals surface area (Å²) in [7, 11) is 1.51. The number of rotatable bonds is 7. The molecule has 2 N–H and O–H groups in total. The van der Waals surface area contributed by atoms with E-state index in [4.69, 9.17) is 16.3 Å². The number of ether oxygens (including phenoxy) is 1. The topological polar surface area (TPSA) is 76.4 Å². The number of benzene rings is 3. The molecule has 0 unspecified atom stereocenters. The molecule has 0 bridgehead atoms. The molecule has 0 aliphatic heterocycles. The van der Waals surface area contributed by atoms with Gasteiger partial charge in [-0.2, -0.15) is 5.10 Å². The van der Waals surface area contributed by atoms with Crippen molar-refractivity contribution in [1.82, 2.24) is 15.1 Å². The highest BCUT2D eigenvalue weighted by atomic mass is 35.5. The molecule has 0 atom stereocenters. The van der Waals surface area contributed by atoms with E-state index in [9.17, 15) is 9.90 Å². The number of halogens is 1. The van der Waals surface area contributed by atoms with Crippen LogP contribution < -0.4 is 10.1 Å². The molecule has 0 spiro atoms. The SMILES string of the molecule is COc1cc(CCNC(=O)c2nn(Cc3ccc(Cl)cc3)c3ccccc23)ccc1O. The first-order valence-corrected chi connectivity index (χ1v) is 10.3. The number of fused-ring (bicyclic) bond motifs is 1. The van der Waals surface area contributed by atoms with Crippen molar-refractivity contribution in [3.63, 3.8) is 0 Å². The van der Waals surface area contributed by atoms with Gasteiger partial charge < -0.3 is 15.2 Å². The second-order valence-corrected chi connectivity index (χ2v) is 7.60. The van der Waals surface area contributed by atoms with E-state index in [-0.39, 0.29) is 11.7 Å². The lowest BCUT2D eigenvalue weighted by atomic mass is 10.1. The third-order valence-electron chi connectivity index (χ3n) is 5.06. The summed E-state index contributed by atoms with van der Waals surface area (Å²) in [6.07, 6.45) is 0.603. The van der Waals surface area contributed by atoms with Crippen molar-refractivity contribution in [2.75, 3.05) is 13.7 Å². The molecule has 3 aromatic carbocycles. The molecule has 0 aliphatic rings. The fourth-order valence-corrected chi connectivity index (χ4v) is 3.59. The van der Waals surface area contributed by atoms with Crippen LogP contribution in [0.1, 0.15) is 21.6 Å². The maximum Gasteiger partial charge on any atom is 0.272 e. The summed E-state index contributed by atoms with van der Waals surface area (Å²) in [6, 6.07) is 20.4. The number of carbonyl (C=O) groups is 1. The molecule has 1 amide bonds. The third kappa shape index (κ3) is 4.64. The highest BCUT2D eigenvalue weighted by Crippen LogP contribution is 2.26. The summed E-state index contributed by atoms with van der Waals surface area (Å²) in [5.41, 5.74) is 3.29. The number of para-hydroxylation sites is 1. The Kier molecular flexibility index (Phi) is 6.09. The van der Waals surface area contributed by atoms with E-state index in [0.717, 1.165) is 22.0 Å². The quantitative estimate of drug-likeness (QED) is 0.450. The number of nitrogens with zero attached hydrogens (tertiary/aromatic N) is 2. The number of methoxy groups -OCH3 is 1. The van der Waals surface area contributed by atoms with Crippen molar-refractivity contribution < 1.29 is 14.6 Å². The lowest BCUT2D eigenvalue weighted by Crippen LogP contribution is -2.26. The van der Waals surface area contributed by atoms with Crippen LogP contribution in [-0.2, 0) is 13.0 Å². The van der Waals surface area contributed by atoms with Crippen molar-refractivity contribution in [2.24, 2.45) is 0 Å². The van der Waals surface area contributed by atoms with Crippen LogP contribution in [0.5, 0.6) is 11.5 Å². The molecule has 4 aromatic rings. The normalized spacial score (nSPS) is 10.9. The maximum absolute atomic E-state index is 12.9. The van der Waals surface area contributed by atoms with E-state index in [2.05, 4.69) is 10.4 Å². The second-order valence-electron chi connectivity index (χ2n) is 7.16. The van der Waals surface area contributed by atoms with Crippen LogP contribution in [0.4, 0.5) is 0 Å². The summed E-state index contributed by atoms with van der Waals surface area (Å²) < 4.78 is 6.96. The monoisotopic (exact) mass is 435 g/mol. The number of nitrogens with one attached hydrogen (secondary N) is 1. The average molecular weight is 436 g/mol. The summed E-state index contributed by atoms with van der Waals surface area (Å²) in [5.74, 6) is 0.278. The molecule has 0 fully saturated rings. The Morgan fingerprint density at radius 2 is 1.84 bits per heavy atom. The Bertz CT molecular complexity index is 1220. The van der Waals surface area contributed by atoms with Gasteiger partial charge in [0.25, 0.3) is 5.91 Å². The molecule has 1 aromatic heterocycles. The maximum atomic E-state index is 12.9. The van der Waals surface area contributed by atoms with Gasteiger partial charge >= 0.3 is 0 Å². The number of aromatic hydroxyl groups is 1. The van der Waals surface area contributed by atoms with E-state index in [1.165, 1.54) is 7.11 Å². The highest BCUT2D eigenvalue weighted by molar-refractivity contribution is 6.30. The average Bonchev–Trinajstić information content (AvgIpc) is 3.15. The second kappa shape index (κ2) is 9.10. The largest absolute Gasteiger partial charge is 0.504 e. The van der Waals surface area contributed by atoms with E-state index in [1.54, 1.807) is 18.2 Å². The molecular weight excluding hydrogens is 414 g/mol. The van der Waals surface area contributed by atoms with Gasteiger partial charge in [-0.15, -0.1) is 0 Å². The van der Waals surface area contributed by atoms with Crippen LogP contribution in [0.3, 0.4) is 0 Å². The van der Waals surface area contributed by atoms with Gasteiger partial charge in [-0.05, 0) is 47.9 Å². The summed E-state index contributed by atoms with van der Waals surface area (Å²) in [6.45, 7) is 0.976. The number of aromatic nitrogens is 2. The molecule has 1 heterocycles. The predicted molar refractivity (Wildman–Crippen MR) is 121 cm³/mol. The zero-order valence-electron chi connectivity index (χ0n) is 17.0. The molecule has 158 valence electrons. The molecule has 0 aliphatic carbocycles. The van der Waals surface area contributed by atoms with Crippen molar-refractivity contribution in [1.29, 1.82) is 0 Å². The van der Waals surface area contributed by atoms with Crippen molar-refractivity contribution >= 4 is 28.4 Å². The third-order valence-corrected chi connectivity index (χ3v) is 5.31. The van der Waals surface area contributed by atoms with Crippen LogP contribution in [0.2, 0.25) is 5.02 Å². The predicted octanol–water partition coefficient (Wildman–Crippen LogP) is 4.42. The van der Waals surface area contributed by atoms with E-state index < -0.39 is 0 Å². The summed E-state index contributed by atoms with van der Waals surface area (Å²) >= 11 is 5.98. The first kappa shape index (κ1) is 20.8. The number of carbonyl (C=O) groups excluding carboxylic acids is 1. The number of phenols is 1. The number of amides is 1.